The van der Waals surface area contributed by atoms with Gasteiger partial charge in [-0.25, -0.2) is 0 Å². The van der Waals surface area contributed by atoms with Gasteiger partial charge in [0.25, 0.3) is 0 Å². The van der Waals surface area contributed by atoms with Gasteiger partial charge in [-0.2, -0.15) is 0 Å². The fourth-order valence-corrected chi connectivity index (χ4v) is 2.40. The summed E-state index contributed by atoms with van der Waals surface area (Å²) in [7, 11) is 1.63. The van der Waals surface area contributed by atoms with Gasteiger partial charge in [0.2, 0.25) is 5.91 Å². The zero-order valence-electron chi connectivity index (χ0n) is 11.5. The molecule has 4 nitrogen and oxygen atoms in total. The molecular formula is C15H21NO3. The van der Waals surface area contributed by atoms with Crippen molar-refractivity contribution in [1.29, 1.82) is 0 Å². The average Bonchev–Trinajstić information content (AvgIpc) is 2.46. The van der Waals surface area contributed by atoms with E-state index in [1.807, 2.05) is 36.1 Å². The standard InChI is InChI=1S/C15H21NO3/c1-11(12-3-5-14(19-2)6-4-12)15(18)16-9-7-13(17)8-10-16/h3-6,11,13,17H,7-10H2,1-2H3. The van der Waals surface area contributed by atoms with Crippen LogP contribution in [0.2, 0.25) is 0 Å². The molecule has 0 aliphatic carbocycles. The van der Waals surface area contributed by atoms with E-state index in [-0.39, 0.29) is 17.9 Å². The fraction of sp³-hybridized carbons (Fsp3) is 0.533. The van der Waals surface area contributed by atoms with E-state index in [0.717, 1.165) is 11.3 Å². The summed E-state index contributed by atoms with van der Waals surface area (Å²) in [5.74, 6) is 0.780. The number of hydrogen-bond acceptors (Lipinski definition) is 3. The highest BCUT2D eigenvalue weighted by Gasteiger charge is 2.25. The van der Waals surface area contributed by atoms with Crippen molar-refractivity contribution in [3.05, 3.63) is 29.8 Å². The molecule has 19 heavy (non-hydrogen) atoms. The average molecular weight is 263 g/mol. The highest BCUT2D eigenvalue weighted by molar-refractivity contribution is 5.83. The number of methoxy groups -OCH3 is 1. The van der Waals surface area contributed by atoms with Gasteiger partial charge in [0.05, 0.1) is 19.1 Å². The number of benzene rings is 1. The van der Waals surface area contributed by atoms with E-state index in [0.29, 0.717) is 25.9 Å². The number of likely N-dealkylation sites (tertiary alicyclic amines) is 1. The minimum Gasteiger partial charge on any atom is -0.497 e. The summed E-state index contributed by atoms with van der Waals surface area (Å²) in [5.41, 5.74) is 0.997. The zero-order valence-corrected chi connectivity index (χ0v) is 11.5. The number of amides is 1. The predicted molar refractivity (Wildman–Crippen MR) is 73.2 cm³/mol. The number of carbonyl (C=O) groups is 1. The molecule has 1 amide bonds. The number of piperidine rings is 1. The Balaban J connectivity index is 2.01. The molecule has 1 N–H and O–H groups in total. The second kappa shape index (κ2) is 6.06. The van der Waals surface area contributed by atoms with Gasteiger partial charge in [0.1, 0.15) is 5.75 Å². The van der Waals surface area contributed by atoms with Gasteiger partial charge < -0.3 is 14.7 Å². The number of rotatable bonds is 3. The van der Waals surface area contributed by atoms with Crippen molar-refractivity contribution in [3.8, 4) is 5.75 Å². The van der Waals surface area contributed by atoms with E-state index in [4.69, 9.17) is 4.74 Å². The molecule has 1 heterocycles. The Morgan fingerprint density at radius 3 is 2.42 bits per heavy atom. The van der Waals surface area contributed by atoms with Crippen molar-refractivity contribution >= 4 is 5.91 Å². The Hall–Kier alpha value is -1.55. The van der Waals surface area contributed by atoms with Gasteiger partial charge in [-0.15, -0.1) is 0 Å². The molecule has 104 valence electrons. The van der Waals surface area contributed by atoms with E-state index in [9.17, 15) is 9.90 Å². The van der Waals surface area contributed by atoms with Gasteiger partial charge in [-0.3, -0.25) is 4.79 Å². The van der Waals surface area contributed by atoms with Crippen LogP contribution in [-0.2, 0) is 4.79 Å². The minimum atomic E-state index is -0.250. The highest BCUT2D eigenvalue weighted by atomic mass is 16.5. The maximum atomic E-state index is 12.4. The van der Waals surface area contributed by atoms with Crippen molar-refractivity contribution in [1.82, 2.24) is 4.90 Å². The quantitative estimate of drug-likeness (QED) is 0.904. The number of ether oxygens (including phenoxy) is 1. The first kappa shape index (κ1) is 13.9. The Morgan fingerprint density at radius 2 is 1.89 bits per heavy atom. The normalized spacial score (nSPS) is 18.2. The lowest BCUT2D eigenvalue weighted by atomic mass is 9.98. The van der Waals surface area contributed by atoms with E-state index < -0.39 is 0 Å². The fourth-order valence-electron chi connectivity index (χ4n) is 2.40. The second-order valence-electron chi connectivity index (χ2n) is 5.05. The van der Waals surface area contributed by atoms with Crippen LogP contribution >= 0.6 is 0 Å². The first-order chi connectivity index (χ1) is 9.11. The molecule has 1 saturated heterocycles. The summed E-state index contributed by atoms with van der Waals surface area (Å²) in [6.45, 7) is 3.23. The Labute approximate surface area is 114 Å². The van der Waals surface area contributed by atoms with E-state index >= 15 is 0 Å². The topological polar surface area (TPSA) is 49.8 Å². The number of nitrogens with zero attached hydrogens (tertiary/aromatic N) is 1. The van der Waals surface area contributed by atoms with Crippen molar-refractivity contribution in [3.63, 3.8) is 0 Å². The zero-order chi connectivity index (χ0) is 13.8. The summed E-state index contributed by atoms with van der Waals surface area (Å²) in [5, 5.41) is 9.47. The third-order valence-electron chi connectivity index (χ3n) is 3.76. The molecule has 0 spiro atoms. The molecule has 0 saturated carbocycles. The van der Waals surface area contributed by atoms with Gasteiger partial charge in [-0.05, 0) is 37.5 Å². The maximum absolute atomic E-state index is 12.4. The number of carbonyl (C=O) groups excluding carboxylic acids is 1. The Morgan fingerprint density at radius 1 is 1.32 bits per heavy atom. The monoisotopic (exact) mass is 263 g/mol. The van der Waals surface area contributed by atoms with Crippen LogP contribution in [0.1, 0.15) is 31.2 Å². The summed E-state index contributed by atoms with van der Waals surface area (Å²) in [4.78, 5) is 14.2. The molecule has 1 aromatic carbocycles. The van der Waals surface area contributed by atoms with Crippen LogP contribution in [0.5, 0.6) is 5.75 Å². The van der Waals surface area contributed by atoms with Crippen LogP contribution < -0.4 is 4.74 Å². The molecule has 4 heteroatoms. The van der Waals surface area contributed by atoms with Gasteiger partial charge in [-0.1, -0.05) is 12.1 Å². The molecule has 1 aliphatic heterocycles. The van der Waals surface area contributed by atoms with Gasteiger partial charge >= 0.3 is 0 Å². The highest BCUT2D eigenvalue weighted by Crippen LogP contribution is 2.22. The van der Waals surface area contributed by atoms with Crippen molar-refractivity contribution in [2.45, 2.75) is 31.8 Å². The molecule has 0 radical (unpaired) electrons. The molecule has 1 unspecified atom stereocenters. The van der Waals surface area contributed by atoms with Crippen LogP contribution in [0.25, 0.3) is 0 Å². The minimum absolute atomic E-state index is 0.136. The predicted octanol–water partition coefficient (Wildman–Crippen LogP) is 1.78. The lowest BCUT2D eigenvalue weighted by Crippen LogP contribution is -2.41. The molecule has 0 bridgehead atoms. The maximum Gasteiger partial charge on any atom is 0.229 e. The third-order valence-corrected chi connectivity index (χ3v) is 3.76. The Bertz CT molecular complexity index is 422. The van der Waals surface area contributed by atoms with Crippen LogP contribution in [0.4, 0.5) is 0 Å². The third kappa shape index (κ3) is 3.26. The van der Waals surface area contributed by atoms with Crippen LogP contribution in [0.3, 0.4) is 0 Å². The van der Waals surface area contributed by atoms with Crippen molar-refractivity contribution in [2.24, 2.45) is 0 Å². The lowest BCUT2D eigenvalue weighted by molar-refractivity contribution is -0.134. The van der Waals surface area contributed by atoms with Gasteiger partial charge in [0.15, 0.2) is 0 Å². The summed E-state index contributed by atoms with van der Waals surface area (Å²) >= 11 is 0. The van der Waals surface area contributed by atoms with Gasteiger partial charge in [0, 0.05) is 13.1 Å². The van der Waals surface area contributed by atoms with Crippen molar-refractivity contribution < 1.29 is 14.6 Å². The molecule has 1 atom stereocenters. The first-order valence-corrected chi connectivity index (χ1v) is 6.72. The number of aliphatic hydroxyl groups is 1. The molecule has 0 aromatic heterocycles. The number of hydrogen-bond donors (Lipinski definition) is 1. The lowest BCUT2D eigenvalue weighted by Gasteiger charge is -2.31. The van der Waals surface area contributed by atoms with E-state index in [1.54, 1.807) is 7.11 Å². The first-order valence-electron chi connectivity index (χ1n) is 6.72. The van der Waals surface area contributed by atoms with E-state index in [1.165, 1.54) is 0 Å². The SMILES string of the molecule is COc1ccc(C(C)C(=O)N2CCC(O)CC2)cc1. The van der Waals surface area contributed by atoms with E-state index in [2.05, 4.69) is 0 Å². The molecule has 1 fully saturated rings. The second-order valence-corrected chi connectivity index (χ2v) is 5.05. The molecular weight excluding hydrogens is 242 g/mol. The van der Waals surface area contributed by atoms with Crippen LogP contribution in [0, 0.1) is 0 Å². The summed E-state index contributed by atoms with van der Waals surface area (Å²) in [6.07, 6.45) is 1.11. The summed E-state index contributed by atoms with van der Waals surface area (Å²) in [6, 6.07) is 7.61. The largest absolute Gasteiger partial charge is 0.497 e. The van der Waals surface area contributed by atoms with Crippen LogP contribution in [0.15, 0.2) is 24.3 Å². The molecule has 1 aromatic rings. The van der Waals surface area contributed by atoms with Crippen molar-refractivity contribution in [2.75, 3.05) is 20.2 Å². The molecule has 2 rings (SSSR count). The molecule has 1 aliphatic rings. The smallest absolute Gasteiger partial charge is 0.229 e. The Kier molecular flexibility index (Phi) is 4.43. The number of aliphatic hydroxyl groups excluding tert-OH is 1. The summed E-state index contributed by atoms with van der Waals surface area (Å²) < 4.78 is 5.11. The van der Waals surface area contributed by atoms with Crippen LogP contribution in [-0.4, -0.2) is 42.2 Å².